The van der Waals surface area contributed by atoms with Crippen LogP contribution in [0.4, 0.5) is 5.69 Å². The van der Waals surface area contributed by atoms with Gasteiger partial charge in [-0.25, -0.2) is 4.58 Å². The Morgan fingerprint density at radius 1 is 0.797 bits per heavy atom. The SMILES string of the molecule is COCCOCCOCC[N+](CCOCCOCCOC)=c1ccc2c(/C=C/C=C3\N(CCCCCC(=O)O)c4ccc(S(=O)(=O)O)cc4C3(C)C)c(C)c(-c3ccccc3)oc-2c1. The Bertz CT molecular complexity index is 2300. The topological polar surface area (TPSA) is 166 Å². The summed E-state index contributed by atoms with van der Waals surface area (Å²) in [6, 6.07) is 21.0. The van der Waals surface area contributed by atoms with E-state index >= 15 is 0 Å². The van der Waals surface area contributed by atoms with Crippen LogP contribution in [-0.2, 0) is 48.7 Å². The molecule has 0 amide bonds. The van der Waals surface area contributed by atoms with E-state index in [0.717, 1.165) is 63.2 Å². The quantitative estimate of drug-likeness (QED) is 0.0338. The van der Waals surface area contributed by atoms with Crippen LogP contribution < -0.4 is 14.8 Å². The fourth-order valence-electron chi connectivity index (χ4n) is 7.77. The predicted octanol–water partition coefficient (Wildman–Crippen LogP) is 7.08. The highest BCUT2D eigenvalue weighted by molar-refractivity contribution is 7.85. The number of hydrogen-bond donors (Lipinski definition) is 2. The van der Waals surface area contributed by atoms with Crippen molar-refractivity contribution in [3.63, 3.8) is 0 Å². The molecule has 0 saturated carbocycles. The Balaban J connectivity index is 1.51. The lowest BCUT2D eigenvalue weighted by molar-refractivity contribution is -0.137. The maximum Gasteiger partial charge on any atom is 0.303 e. The molecule has 1 aliphatic carbocycles. The monoisotopic (exact) mass is 905 g/mol. The normalized spacial score (nSPS) is 14.3. The van der Waals surface area contributed by atoms with E-state index in [9.17, 15) is 22.9 Å². The summed E-state index contributed by atoms with van der Waals surface area (Å²) < 4.78 is 76.5. The number of nitrogens with zero attached hydrogens (tertiary/aromatic N) is 2. The van der Waals surface area contributed by atoms with E-state index in [4.69, 9.17) is 32.8 Å². The summed E-state index contributed by atoms with van der Waals surface area (Å²) in [6.07, 6.45) is 8.29. The van der Waals surface area contributed by atoms with E-state index in [0.29, 0.717) is 97.9 Å². The van der Waals surface area contributed by atoms with Crippen LogP contribution in [-0.4, -0.2) is 124 Å². The second-order valence-electron chi connectivity index (χ2n) is 16.0. The Kier molecular flexibility index (Phi) is 19.7. The number of benzene rings is 3. The molecule has 15 heteroatoms. The number of rotatable bonds is 28. The van der Waals surface area contributed by atoms with Crippen LogP contribution in [0.2, 0.25) is 0 Å². The van der Waals surface area contributed by atoms with Gasteiger partial charge in [0.25, 0.3) is 10.1 Å². The first-order valence-electron chi connectivity index (χ1n) is 21.9. The van der Waals surface area contributed by atoms with E-state index in [1.165, 1.54) is 6.07 Å². The van der Waals surface area contributed by atoms with Gasteiger partial charge in [-0.05, 0) is 61.2 Å². The van der Waals surface area contributed by atoms with Gasteiger partial charge in [0.2, 0.25) is 5.36 Å². The molecule has 2 N–H and O–H groups in total. The smallest absolute Gasteiger partial charge is 0.303 e. The number of aliphatic carboxylic acids is 1. The highest BCUT2D eigenvalue weighted by atomic mass is 32.2. The molecule has 14 nitrogen and oxygen atoms in total. The molecule has 0 spiro atoms. The van der Waals surface area contributed by atoms with Crippen LogP contribution in [0.5, 0.6) is 0 Å². The molecular weight excluding hydrogens is 841 g/mol. The van der Waals surface area contributed by atoms with Crippen molar-refractivity contribution in [2.24, 2.45) is 0 Å². The molecule has 0 bridgehead atoms. The minimum atomic E-state index is -4.43. The maximum atomic E-state index is 12.2. The van der Waals surface area contributed by atoms with Gasteiger partial charge in [-0.1, -0.05) is 62.8 Å². The fraction of sp³-hybridized carbons (Fsp3) is 0.469. The summed E-state index contributed by atoms with van der Waals surface area (Å²) in [4.78, 5) is 13.2. The molecule has 0 radical (unpaired) electrons. The van der Waals surface area contributed by atoms with Gasteiger partial charge in [-0.15, -0.1) is 0 Å². The van der Waals surface area contributed by atoms with Gasteiger partial charge in [0.15, 0.2) is 13.1 Å². The van der Waals surface area contributed by atoms with E-state index in [2.05, 4.69) is 46.8 Å². The molecule has 0 aromatic heterocycles. The summed E-state index contributed by atoms with van der Waals surface area (Å²) in [6.45, 7) is 12.9. The van der Waals surface area contributed by atoms with E-state index in [1.54, 1.807) is 26.4 Å². The first-order valence-corrected chi connectivity index (χ1v) is 23.3. The second-order valence-corrected chi connectivity index (χ2v) is 17.4. The maximum absolute atomic E-state index is 12.2. The first-order chi connectivity index (χ1) is 30.9. The molecule has 348 valence electrons. The Morgan fingerprint density at radius 3 is 2.03 bits per heavy atom. The summed E-state index contributed by atoms with van der Waals surface area (Å²) in [5.41, 5.74) is 5.74. The van der Waals surface area contributed by atoms with E-state index in [1.807, 2.05) is 50.3 Å². The average Bonchev–Trinajstić information content (AvgIpc) is 3.48. The van der Waals surface area contributed by atoms with Crippen LogP contribution in [0.1, 0.15) is 56.2 Å². The molecule has 0 atom stereocenters. The molecule has 2 aromatic carbocycles. The third-order valence-corrected chi connectivity index (χ3v) is 12.0. The summed E-state index contributed by atoms with van der Waals surface area (Å²) in [5, 5.41) is 10.1. The zero-order chi connectivity index (χ0) is 46.0. The second kappa shape index (κ2) is 25.1. The molecule has 64 heavy (non-hydrogen) atoms. The molecule has 2 aromatic rings. The number of carbonyl (C=O) groups is 1. The third kappa shape index (κ3) is 14.1. The van der Waals surface area contributed by atoms with Crippen LogP contribution in [0.25, 0.3) is 28.7 Å². The number of carboxylic acids is 1. The van der Waals surface area contributed by atoms with Gasteiger partial charge in [0, 0.05) is 66.7 Å². The van der Waals surface area contributed by atoms with Crippen LogP contribution in [0.3, 0.4) is 0 Å². The minimum absolute atomic E-state index is 0.104. The molecule has 2 heterocycles. The lowest BCUT2D eigenvalue weighted by Crippen LogP contribution is -2.36. The fourth-order valence-corrected chi connectivity index (χ4v) is 8.27. The summed E-state index contributed by atoms with van der Waals surface area (Å²) >= 11 is 0. The number of fused-ring (bicyclic) bond motifs is 2. The summed E-state index contributed by atoms with van der Waals surface area (Å²) in [5.74, 6) is 0.624. The predicted molar refractivity (Wildman–Crippen MR) is 247 cm³/mol. The van der Waals surface area contributed by atoms with Crippen molar-refractivity contribution in [1.82, 2.24) is 4.58 Å². The highest BCUT2D eigenvalue weighted by Crippen LogP contribution is 2.48. The first kappa shape index (κ1) is 50.3. The van der Waals surface area contributed by atoms with Gasteiger partial charge in [-0.2, -0.15) is 8.42 Å². The molecule has 0 saturated heterocycles. The number of allylic oxidation sites excluding steroid dienone is 3. The number of ether oxygens (including phenoxy) is 6. The number of hydrogen-bond acceptors (Lipinski definition) is 11. The van der Waals surface area contributed by atoms with Crippen LogP contribution in [0.15, 0.2) is 93.9 Å². The van der Waals surface area contributed by atoms with Crippen molar-refractivity contribution in [1.29, 1.82) is 0 Å². The lowest BCUT2D eigenvalue weighted by Gasteiger charge is -2.27. The van der Waals surface area contributed by atoms with Crippen molar-refractivity contribution in [2.75, 3.05) is 105 Å². The third-order valence-electron chi connectivity index (χ3n) is 11.2. The standard InChI is InChI=1S/C49H64N2O12S/c1-37-41(15-12-16-46-49(2,3)43-36-40(64(54,55)56)19-21-44(43)51(46)22-11-7-10-17-47(52)53)42-20-18-39(35-45(42)63-48(37)38-13-8-6-9-14-38)50(23-25-59-31-33-61-29-27-57-4)24-26-60-32-34-62-30-28-58-5/h6,8-9,12-16,18-21,35-36H,7,10-11,17,22-34H2,1-5H3,(H-,52,53,54,55,56)/p+1. The number of methoxy groups -OCH3 is 2. The number of carboxylic acid groups (broad SMARTS) is 1. The Hall–Kier alpha value is -4.71. The minimum Gasteiger partial charge on any atom is -0.481 e. The zero-order valence-electron chi connectivity index (χ0n) is 37.9. The molecule has 0 unspecified atom stereocenters. The summed E-state index contributed by atoms with van der Waals surface area (Å²) in [7, 11) is -1.14. The van der Waals surface area contributed by atoms with Gasteiger partial charge in [-0.3, -0.25) is 9.35 Å². The zero-order valence-corrected chi connectivity index (χ0v) is 38.7. The van der Waals surface area contributed by atoms with Crippen LogP contribution >= 0.6 is 0 Å². The van der Waals surface area contributed by atoms with Crippen molar-refractivity contribution >= 4 is 27.9 Å². The van der Waals surface area contributed by atoms with Crippen LogP contribution in [0, 0.1) is 6.92 Å². The van der Waals surface area contributed by atoms with Gasteiger partial charge in [0.05, 0.1) is 63.8 Å². The van der Waals surface area contributed by atoms with Crippen molar-refractivity contribution in [3.05, 3.63) is 107 Å². The van der Waals surface area contributed by atoms with Gasteiger partial charge >= 0.3 is 5.97 Å². The van der Waals surface area contributed by atoms with E-state index in [-0.39, 0.29) is 11.3 Å². The largest absolute Gasteiger partial charge is 0.481 e. The lowest BCUT2D eigenvalue weighted by atomic mass is 9.83. The Labute approximate surface area is 377 Å². The van der Waals surface area contributed by atoms with Gasteiger partial charge < -0.3 is 42.8 Å². The number of unbranched alkanes of at least 4 members (excludes halogenated alkanes) is 2. The molecule has 5 rings (SSSR count). The van der Waals surface area contributed by atoms with Crippen molar-refractivity contribution in [3.8, 4) is 22.6 Å². The molecule has 3 aliphatic rings. The van der Waals surface area contributed by atoms with Gasteiger partial charge in [0.1, 0.15) is 24.7 Å². The van der Waals surface area contributed by atoms with Crippen molar-refractivity contribution in [2.45, 2.75) is 56.8 Å². The van der Waals surface area contributed by atoms with Crippen molar-refractivity contribution < 1.29 is 55.7 Å². The Morgan fingerprint density at radius 2 is 1.42 bits per heavy atom. The van der Waals surface area contributed by atoms with E-state index < -0.39 is 21.5 Å². The molecular formula is C49H65N2O12S+. The highest BCUT2D eigenvalue weighted by Gasteiger charge is 2.40. The molecule has 0 fully saturated rings. The average molecular weight is 906 g/mol. The number of anilines is 1. The molecule has 2 aliphatic heterocycles.